The summed E-state index contributed by atoms with van der Waals surface area (Å²) in [6.45, 7) is 4.23. The lowest BCUT2D eigenvalue weighted by atomic mass is 9.96. The molecule has 0 heterocycles. The largest absolute Gasteiger partial charge is 0.503 e. The van der Waals surface area contributed by atoms with Crippen LogP contribution in [0.1, 0.15) is 22.3 Å². The molecule has 0 atom stereocenters. The van der Waals surface area contributed by atoms with Crippen LogP contribution in [0.25, 0.3) is 0 Å². The Morgan fingerprint density at radius 3 is 2.10 bits per heavy atom. The van der Waals surface area contributed by atoms with Crippen LogP contribution in [0.2, 0.25) is 0 Å². The van der Waals surface area contributed by atoms with E-state index in [9.17, 15) is 0 Å². The van der Waals surface area contributed by atoms with Crippen LogP contribution < -0.4 is 5.73 Å². The van der Waals surface area contributed by atoms with Gasteiger partial charge in [0.2, 0.25) is 0 Å². The molecule has 0 saturated carbocycles. The molecule has 4 N–H and O–H groups in total. The molecule has 4 nitrogen and oxygen atoms in total. The summed E-state index contributed by atoms with van der Waals surface area (Å²) >= 11 is 0. The predicted octanol–water partition coefficient (Wildman–Crippen LogP) is 3.70. The SMILES string of the molecule is Cc1c(N)ccc(Cc2ccccc2)c1C.O=C(O)O. The molecule has 106 valence electrons. The van der Waals surface area contributed by atoms with Crippen molar-refractivity contribution < 1.29 is 15.0 Å². The smallest absolute Gasteiger partial charge is 0.450 e. The highest BCUT2D eigenvalue weighted by Gasteiger charge is 2.04. The van der Waals surface area contributed by atoms with E-state index in [1.165, 1.54) is 22.3 Å². The van der Waals surface area contributed by atoms with Gasteiger partial charge in [0, 0.05) is 5.69 Å². The van der Waals surface area contributed by atoms with Gasteiger partial charge < -0.3 is 15.9 Å². The Morgan fingerprint density at radius 1 is 1.00 bits per heavy atom. The second-order valence-corrected chi connectivity index (χ2v) is 4.51. The summed E-state index contributed by atoms with van der Waals surface area (Å²) in [5, 5.41) is 13.9. The van der Waals surface area contributed by atoms with E-state index in [1.54, 1.807) is 0 Å². The molecule has 0 aliphatic heterocycles. The van der Waals surface area contributed by atoms with Crippen molar-refractivity contribution in [3.63, 3.8) is 0 Å². The Labute approximate surface area is 118 Å². The third-order valence-corrected chi connectivity index (χ3v) is 3.18. The van der Waals surface area contributed by atoms with Gasteiger partial charge in [-0.15, -0.1) is 0 Å². The fraction of sp³-hybridized carbons (Fsp3) is 0.188. The van der Waals surface area contributed by atoms with Gasteiger partial charge in [0.15, 0.2) is 0 Å². The standard InChI is InChI=1S/C15H17N.CH2O3/c1-11-12(2)15(16)9-8-14(11)10-13-6-4-3-5-7-13;2-1(3)4/h3-9H,10,16H2,1-2H3;(H2,2,3,4). The van der Waals surface area contributed by atoms with Gasteiger partial charge in [0.1, 0.15) is 0 Å². The zero-order valence-electron chi connectivity index (χ0n) is 11.6. The zero-order chi connectivity index (χ0) is 15.1. The average molecular weight is 273 g/mol. The summed E-state index contributed by atoms with van der Waals surface area (Å²) in [5.74, 6) is 0. The Balaban J connectivity index is 0.000000444. The number of benzene rings is 2. The minimum atomic E-state index is -1.83. The number of anilines is 1. The number of rotatable bonds is 2. The Kier molecular flexibility index (Phi) is 5.59. The Morgan fingerprint density at radius 2 is 1.55 bits per heavy atom. The highest BCUT2D eigenvalue weighted by Crippen LogP contribution is 2.21. The van der Waals surface area contributed by atoms with Crippen molar-refractivity contribution in [3.8, 4) is 0 Å². The molecule has 20 heavy (non-hydrogen) atoms. The first-order valence-corrected chi connectivity index (χ1v) is 6.22. The lowest BCUT2D eigenvalue weighted by Gasteiger charge is -2.11. The molecule has 2 aromatic rings. The lowest BCUT2D eigenvalue weighted by Crippen LogP contribution is -1.98. The molecule has 0 aromatic heterocycles. The van der Waals surface area contributed by atoms with Gasteiger partial charge in [-0.25, -0.2) is 4.79 Å². The maximum Gasteiger partial charge on any atom is 0.503 e. The second-order valence-electron chi connectivity index (χ2n) is 4.51. The third-order valence-electron chi connectivity index (χ3n) is 3.18. The fourth-order valence-electron chi connectivity index (χ4n) is 1.90. The molecule has 0 aliphatic rings. The van der Waals surface area contributed by atoms with Crippen LogP contribution in [0.5, 0.6) is 0 Å². The van der Waals surface area contributed by atoms with Gasteiger partial charge in [-0.1, -0.05) is 36.4 Å². The molecule has 4 heteroatoms. The molecule has 0 radical (unpaired) electrons. The normalized spacial score (nSPS) is 9.50. The van der Waals surface area contributed by atoms with Gasteiger partial charge in [0.25, 0.3) is 0 Å². The molecule has 0 spiro atoms. The molecule has 0 fully saturated rings. The van der Waals surface area contributed by atoms with Crippen molar-refractivity contribution >= 4 is 11.8 Å². The van der Waals surface area contributed by atoms with Crippen molar-refractivity contribution in [1.29, 1.82) is 0 Å². The monoisotopic (exact) mass is 273 g/mol. The van der Waals surface area contributed by atoms with E-state index in [0.29, 0.717) is 0 Å². The molecule has 2 rings (SSSR count). The molecule has 0 bridgehead atoms. The zero-order valence-corrected chi connectivity index (χ0v) is 11.6. The lowest BCUT2D eigenvalue weighted by molar-refractivity contribution is 0.137. The Bertz CT molecular complexity index is 576. The average Bonchev–Trinajstić information content (AvgIpc) is 2.40. The van der Waals surface area contributed by atoms with Crippen molar-refractivity contribution in [2.75, 3.05) is 5.73 Å². The van der Waals surface area contributed by atoms with Crippen LogP contribution >= 0.6 is 0 Å². The van der Waals surface area contributed by atoms with E-state index in [-0.39, 0.29) is 0 Å². The molecule has 0 saturated heterocycles. The van der Waals surface area contributed by atoms with E-state index in [2.05, 4.69) is 44.2 Å². The number of carbonyl (C=O) groups is 1. The predicted molar refractivity (Wildman–Crippen MR) is 80.2 cm³/mol. The topological polar surface area (TPSA) is 83.6 Å². The first kappa shape index (κ1) is 15.6. The van der Waals surface area contributed by atoms with Gasteiger partial charge in [-0.2, -0.15) is 0 Å². The summed E-state index contributed by atoms with van der Waals surface area (Å²) < 4.78 is 0. The number of carboxylic acid groups (broad SMARTS) is 2. The highest BCUT2D eigenvalue weighted by atomic mass is 16.6. The van der Waals surface area contributed by atoms with Gasteiger partial charge in [-0.05, 0) is 48.6 Å². The highest BCUT2D eigenvalue weighted by molar-refractivity contribution is 5.53. The Hall–Kier alpha value is -2.49. The van der Waals surface area contributed by atoms with Crippen LogP contribution in [0.15, 0.2) is 42.5 Å². The first-order valence-electron chi connectivity index (χ1n) is 6.22. The summed E-state index contributed by atoms with van der Waals surface area (Å²) in [7, 11) is 0. The first-order chi connectivity index (χ1) is 9.41. The maximum absolute atomic E-state index is 8.56. The van der Waals surface area contributed by atoms with Crippen LogP contribution in [-0.4, -0.2) is 16.4 Å². The van der Waals surface area contributed by atoms with Gasteiger partial charge in [0.05, 0.1) is 0 Å². The third kappa shape index (κ3) is 4.65. The van der Waals surface area contributed by atoms with Gasteiger partial charge >= 0.3 is 6.16 Å². The van der Waals surface area contributed by atoms with E-state index < -0.39 is 6.16 Å². The van der Waals surface area contributed by atoms with E-state index in [4.69, 9.17) is 20.7 Å². The molecule has 0 aliphatic carbocycles. The van der Waals surface area contributed by atoms with E-state index in [1.807, 2.05) is 12.1 Å². The van der Waals surface area contributed by atoms with Crippen molar-refractivity contribution in [3.05, 3.63) is 64.7 Å². The van der Waals surface area contributed by atoms with Crippen molar-refractivity contribution in [1.82, 2.24) is 0 Å². The van der Waals surface area contributed by atoms with E-state index in [0.717, 1.165) is 12.1 Å². The minimum Gasteiger partial charge on any atom is -0.450 e. The molecule has 0 amide bonds. The van der Waals surface area contributed by atoms with Crippen LogP contribution in [-0.2, 0) is 6.42 Å². The quantitative estimate of drug-likeness (QED) is 0.728. The van der Waals surface area contributed by atoms with Crippen LogP contribution in [0.3, 0.4) is 0 Å². The minimum absolute atomic E-state index is 0.884. The van der Waals surface area contributed by atoms with Crippen LogP contribution in [0.4, 0.5) is 10.5 Å². The van der Waals surface area contributed by atoms with Gasteiger partial charge in [-0.3, -0.25) is 0 Å². The summed E-state index contributed by atoms with van der Waals surface area (Å²) in [6.07, 6.45) is -0.853. The van der Waals surface area contributed by atoms with E-state index >= 15 is 0 Å². The van der Waals surface area contributed by atoms with Crippen LogP contribution in [0, 0.1) is 13.8 Å². The number of nitrogen functional groups attached to an aromatic ring is 1. The summed E-state index contributed by atoms with van der Waals surface area (Å²) in [6, 6.07) is 14.6. The maximum atomic E-state index is 8.56. The summed E-state index contributed by atoms with van der Waals surface area (Å²) in [4.78, 5) is 8.56. The second kappa shape index (κ2) is 7.19. The molecule has 2 aromatic carbocycles. The van der Waals surface area contributed by atoms with Crippen molar-refractivity contribution in [2.24, 2.45) is 0 Å². The molecular formula is C16H19NO3. The molecular weight excluding hydrogens is 254 g/mol. The van der Waals surface area contributed by atoms with Crippen molar-refractivity contribution in [2.45, 2.75) is 20.3 Å². The number of hydrogen-bond donors (Lipinski definition) is 3. The fourth-order valence-corrected chi connectivity index (χ4v) is 1.90. The number of hydrogen-bond acceptors (Lipinski definition) is 2. The molecule has 0 unspecified atom stereocenters. The number of nitrogens with two attached hydrogens (primary N) is 1. The summed E-state index contributed by atoms with van der Waals surface area (Å²) in [5.41, 5.74) is 12.0.